The highest BCUT2D eigenvalue weighted by atomic mass is 19.1. The topological polar surface area (TPSA) is 29.5 Å². The average molecular weight is 287 g/mol. The van der Waals surface area contributed by atoms with E-state index < -0.39 is 11.4 Å². The molecular formula is C16H19BFNO2. The zero-order valence-electron chi connectivity index (χ0n) is 12.6. The summed E-state index contributed by atoms with van der Waals surface area (Å²) in [4.78, 5) is 13.6. The van der Waals surface area contributed by atoms with Gasteiger partial charge in [0.1, 0.15) is 19.3 Å². The SMILES string of the molecule is [B]c1ccc(C2=CCN(C(=O)OC(C)(C)C)CC2)cc1F. The van der Waals surface area contributed by atoms with Gasteiger partial charge in [-0.25, -0.2) is 9.18 Å². The molecule has 0 spiro atoms. The third-order valence-corrected chi connectivity index (χ3v) is 3.23. The van der Waals surface area contributed by atoms with Crippen LogP contribution in [0.25, 0.3) is 5.57 Å². The fraction of sp³-hybridized carbons (Fsp3) is 0.438. The van der Waals surface area contributed by atoms with Crippen molar-refractivity contribution in [1.82, 2.24) is 4.90 Å². The number of benzene rings is 1. The van der Waals surface area contributed by atoms with Gasteiger partial charge in [0.15, 0.2) is 0 Å². The lowest BCUT2D eigenvalue weighted by molar-refractivity contribution is 0.0270. The second-order valence-corrected chi connectivity index (χ2v) is 6.14. The summed E-state index contributed by atoms with van der Waals surface area (Å²) in [6.07, 6.45) is 2.28. The largest absolute Gasteiger partial charge is 0.444 e. The number of hydrogen-bond donors (Lipinski definition) is 0. The molecule has 0 saturated carbocycles. The molecule has 1 heterocycles. The Hall–Kier alpha value is -1.78. The maximum absolute atomic E-state index is 13.5. The molecular weight excluding hydrogens is 268 g/mol. The first-order valence-electron chi connectivity index (χ1n) is 6.98. The van der Waals surface area contributed by atoms with Crippen molar-refractivity contribution in [2.75, 3.05) is 13.1 Å². The van der Waals surface area contributed by atoms with E-state index in [1.807, 2.05) is 26.8 Å². The molecule has 0 unspecified atom stereocenters. The molecule has 0 aliphatic carbocycles. The predicted octanol–water partition coefficient (Wildman–Crippen LogP) is 2.64. The van der Waals surface area contributed by atoms with Crippen LogP contribution < -0.4 is 5.46 Å². The first-order chi connectivity index (χ1) is 9.76. The molecule has 0 N–H and O–H groups in total. The van der Waals surface area contributed by atoms with Gasteiger partial charge in [0.05, 0.1) is 0 Å². The third-order valence-electron chi connectivity index (χ3n) is 3.23. The van der Waals surface area contributed by atoms with Crippen LogP contribution in [0.5, 0.6) is 0 Å². The molecule has 0 aromatic heterocycles. The number of ether oxygens (including phenoxy) is 1. The summed E-state index contributed by atoms with van der Waals surface area (Å²) in [5.74, 6) is -0.414. The van der Waals surface area contributed by atoms with Crippen LogP contribution in [0.15, 0.2) is 24.3 Å². The first-order valence-corrected chi connectivity index (χ1v) is 6.98. The number of rotatable bonds is 1. The molecule has 0 fully saturated rings. The monoisotopic (exact) mass is 287 g/mol. The van der Waals surface area contributed by atoms with Gasteiger partial charge in [-0.2, -0.15) is 0 Å². The quantitative estimate of drug-likeness (QED) is 0.743. The summed E-state index contributed by atoms with van der Waals surface area (Å²) < 4.78 is 18.8. The summed E-state index contributed by atoms with van der Waals surface area (Å²) in [5.41, 5.74) is 1.48. The first kappa shape index (κ1) is 15.6. The van der Waals surface area contributed by atoms with Crippen LogP contribution in [-0.4, -0.2) is 37.5 Å². The van der Waals surface area contributed by atoms with Crippen molar-refractivity contribution in [1.29, 1.82) is 0 Å². The molecule has 0 saturated heterocycles. The Kier molecular flexibility index (Phi) is 4.40. The van der Waals surface area contributed by atoms with Crippen molar-refractivity contribution in [2.24, 2.45) is 0 Å². The van der Waals surface area contributed by atoms with Crippen LogP contribution in [-0.2, 0) is 4.74 Å². The lowest BCUT2D eigenvalue weighted by Gasteiger charge is -2.29. The molecule has 1 aromatic carbocycles. The van der Waals surface area contributed by atoms with Crippen molar-refractivity contribution < 1.29 is 13.9 Å². The van der Waals surface area contributed by atoms with Crippen LogP contribution in [0.4, 0.5) is 9.18 Å². The molecule has 1 amide bonds. The summed E-state index contributed by atoms with van der Waals surface area (Å²) >= 11 is 0. The molecule has 110 valence electrons. The lowest BCUT2D eigenvalue weighted by Crippen LogP contribution is -2.39. The number of amides is 1. The zero-order chi connectivity index (χ0) is 15.6. The Labute approximate surface area is 126 Å². The molecule has 21 heavy (non-hydrogen) atoms. The van der Waals surface area contributed by atoms with Crippen molar-refractivity contribution in [3.63, 3.8) is 0 Å². The Morgan fingerprint density at radius 2 is 2.10 bits per heavy atom. The van der Waals surface area contributed by atoms with Gasteiger partial charge in [0.25, 0.3) is 0 Å². The van der Waals surface area contributed by atoms with E-state index in [2.05, 4.69) is 0 Å². The molecule has 2 radical (unpaired) electrons. The molecule has 1 aliphatic rings. The van der Waals surface area contributed by atoms with E-state index in [9.17, 15) is 9.18 Å². The highest BCUT2D eigenvalue weighted by Crippen LogP contribution is 2.23. The van der Waals surface area contributed by atoms with Gasteiger partial charge >= 0.3 is 6.09 Å². The number of hydrogen-bond acceptors (Lipinski definition) is 2. The predicted molar refractivity (Wildman–Crippen MR) is 82.2 cm³/mol. The fourth-order valence-electron chi connectivity index (χ4n) is 2.15. The van der Waals surface area contributed by atoms with Gasteiger partial charge in [0, 0.05) is 13.1 Å². The lowest BCUT2D eigenvalue weighted by atomic mass is 9.91. The van der Waals surface area contributed by atoms with Crippen LogP contribution in [0.2, 0.25) is 0 Å². The Balaban J connectivity index is 2.05. The van der Waals surface area contributed by atoms with Crippen LogP contribution in [0.1, 0.15) is 32.8 Å². The van der Waals surface area contributed by atoms with Crippen molar-refractivity contribution in [3.05, 3.63) is 35.7 Å². The van der Waals surface area contributed by atoms with E-state index in [0.717, 1.165) is 11.1 Å². The Bertz CT molecular complexity index is 578. The van der Waals surface area contributed by atoms with E-state index in [4.69, 9.17) is 12.6 Å². The van der Waals surface area contributed by atoms with Crippen molar-refractivity contribution >= 4 is 25.0 Å². The molecule has 2 rings (SSSR count). The molecule has 3 nitrogen and oxygen atoms in total. The molecule has 1 aliphatic heterocycles. The van der Waals surface area contributed by atoms with Gasteiger partial charge in [-0.15, -0.1) is 0 Å². The fourth-order valence-corrected chi connectivity index (χ4v) is 2.15. The number of nitrogens with zero attached hydrogens (tertiary/aromatic N) is 1. The second kappa shape index (κ2) is 5.92. The van der Waals surface area contributed by atoms with Crippen LogP contribution in [0.3, 0.4) is 0 Å². The molecule has 0 atom stereocenters. The van der Waals surface area contributed by atoms with Crippen LogP contribution >= 0.6 is 0 Å². The normalized spacial score (nSPS) is 15.6. The number of halogens is 1. The van der Waals surface area contributed by atoms with E-state index in [1.165, 1.54) is 6.07 Å². The average Bonchev–Trinajstić information content (AvgIpc) is 2.40. The molecule has 0 bridgehead atoms. The summed E-state index contributed by atoms with van der Waals surface area (Å²) in [6.45, 7) is 6.55. The number of carbonyl (C=O) groups is 1. The van der Waals surface area contributed by atoms with Gasteiger partial charge in [0.2, 0.25) is 0 Å². The zero-order valence-corrected chi connectivity index (χ0v) is 12.6. The molecule has 5 heteroatoms. The summed E-state index contributed by atoms with van der Waals surface area (Å²) in [6, 6.07) is 4.80. The van der Waals surface area contributed by atoms with Crippen LogP contribution in [0, 0.1) is 5.82 Å². The third kappa shape index (κ3) is 4.10. The minimum Gasteiger partial charge on any atom is -0.444 e. The Morgan fingerprint density at radius 1 is 1.38 bits per heavy atom. The van der Waals surface area contributed by atoms with E-state index in [0.29, 0.717) is 19.5 Å². The second-order valence-electron chi connectivity index (χ2n) is 6.14. The minimum atomic E-state index is -0.499. The highest BCUT2D eigenvalue weighted by molar-refractivity contribution is 6.32. The molecule has 1 aromatic rings. The van der Waals surface area contributed by atoms with Gasteiger partial charge in [-0.1, -0.05) is 23.7 Å². The minimum absolute atomic E-state index is 0.144. The van der Waals surface area contributed by atoms with Crippen molar-refractivity contribution in [3.8, 4) is 0 Å². The van der Waals surface area contributed by atoms with Gasteiger partial charge in [-0.05, 0) is 44.4 Å². The summed E-state index contributed by atoms with van der Waals surface area (Å²) in [5, 5.41) is 0. The highest BCUT2D eigenvalue weighted by Gasteiger charge is 2.23. The maximum atomic E-state index is 13.5. The van der Waals surface area contributed by atoms with E-state index in [1.54, 1.807) is 17.0 Å². The summed E-state index contributed by atoms with van der Waals surface area (Å²) in [7, 11) is 5.47. The van der Waals surface area contributed by atoms with Crippen molar-refractivity contribution in [2.45, 2.75) is 32.8 Å². The maximum Gasteiger partial charge on any atom is 0.410 e. The number of carbonyl (C=O) groups excluding carboxylic acids is 1. The standard InChI is InChI=1S/C16H19BFNO2/c1-16(2,3)21-15(20)19-8-6-11(7-9-19)12-4-5-13(17)14(18)10-12/h4-6,10H,7-9H2,1-3H3. The van der Waals surface area contributed by atoms with Gasteiger partial charge in [-0.3, -0.25) is 0 Å². The Morgan fingerprint density at radius 3 is 2.62 bits per heavy atom. The van der Waals surface area contributed by atoms with Gasteiger partial charge < -0.3 is 9.64 Å². The van der Waals surface area contributed by atoms with E-state index in [-0.39, 0.29) is 11.6 Å². The smallest absolute Gasteiger partial charge is 0.410 e. The van der Waals surface area contributed by atoms with E-state index >= 15 is 0 Å².